The number of hydrogen-bond acceptors (Lipinski definition) is 10. The summed E-state index contributed by atoms with van der Waals surface area (Å²) in [4.78, 5) is 45.8. The SMILES string of the molecule is COc1cc2nc(Cc3ccc(-n4cc(C)c(CCc5cccc6ncc(Cc7nc8cc(OC)c(OC)cc8c(=O)[nH]7)cc56)n4)cc3)[nH]c(=O)c2cc1OC. The number of pyridine rings is 1. The third kappa shape index (κ3) is 7.02. The van der Waals surface area contributed by atoms with Gasteiger partial charge in [0.15, 0.2) is 23.0 Å². The van der Waals surface area contributed by atoms with E-state index in [9.17, 15) is 9.59 Å². The Labute approximate surface area is 320 Å². The highest BCUT2D eigenvalue weighted by Gasteiger charge is 2.15. The Morgan fingerprint density at radius 2 is 1.20 bits per heavy atom. The Morgan fingerprint density at radius 3 is 1.79 bits per heavy atom. The summed E-state index contributed by atoms with van der Waals surface area (Å²) in [5.41, 5.74) is 7.60. The molecular formula is C43H39N7O6. The lowest BCUT2D eigenvalue weighted by Crippen LogP contribution is -2.12. The van der Waals surface area contributed by atoms with E-state index in [1.807, 2.05) is 53.5 Å². The molecule has 4 aromatic heterocycles. The van der Waals surface area contributed by atoms with Crippen molar-refractivity contribution in [2.45, 2.75) is 32.6 Å². The molecule has 4 aromatic carbocycles. The average Bonchev–Trinajstić information content (AvgIpc) is 3.59. The van der Waals surface area contributed by atoms with Gasteiger partial charge in [0.1, 0.15) is 11.6 Å². The first-order valence-electron chi connectivity index (χ1n) is 18.0. The summed E-state index contributed by atoms with van der Waals surface area (Å²) in [6, 6.07) is 23.1. The molecule has 0 radical (unpaired) electrons. The first-order chi connectivity index (χ1) is 27.2. The quantitative estimate of drug-likeness (QED) is 0.147. The lowest BCUT2D eigenvalue weighted by Gasteiger charge is -2.10. The Hall–Kier alpha value is -7.02. The van der Waals surface area contributed by atoms with Gasteiger partial charge >= 0.3 is 0 Å². The molecule has 0 saturated carbocycles. The number of aryl methyl sites for hydroxylation is 3. The van der Waals surface area contributed by atoms with Crippen LogP contribution in [0.3, 0.4) is 0 Å². The number of methoxy groups -OCH3 is 4. The van der Waals surface area contributed by atoms with Crippen molar-refractivity contribution in [3.8, 4) is 28.7 Å². The maximum atomic E-state index is 13.0. The highest BCUT2D eigenvalue weighted by molar-refractivity contribution is 5.84. The second-order valence-electron chi connectivity index (χ2n) is 13.5. The Bertz CT molecular complexity index is 2880. The van der Waals surface area contributed by atoms with E-state index in [2.05, 4.69) is 34.0 Å². The second kappa shape index (κ2) is 15.0. The molecule has 8 aromatic rings. The standard InChI is InChI=1S/C43H39N7O6/c1-24-23-50(28-12-9-25(10-13-28)16-40-45-34-20-38(55-4)36(53-2)18-30(34)42(51)47-40)49-32(24)14-11-27-7-6-8-33-29(27)15-26(22-44-33)17-41-46-35-21-39(56-5)37(54-3)19-31(35)43(52)48-41/h6-10,12-13,15,18-23H,11,14,16-17H2,1-5H3,(H,45,47,51)(H,46,48,52). The maximum absolute atomic E-state index is 13.0. The summed E-state index contributed by atoms with van der Waals surface area (Å²) >= 11 is 0. The van der Waals surface area contributed by atoms with Crippen molar-refractivity contribution in [1.82, 2.24) is 34.7 Å². The molecule has 56 heavy (non-hydrogen) atoms. The van der Waals surface area contributed by atoms with E-state index in [1.165, 1.54) is 14.2 Å². The van der Waals surface area contributed by atoms with Gasteiger partial charge in [-0.3, -0.25) is 14.6 Å². The largest absolute Gasteiger partial charge is 0.493 e. The third-order valence-corrected chi connectivity index (χ3v) is 9.97. The van der Waals surface area contributed by atoms with Crippen LogP contribution in [0.5, 0.6) is 23.0 Å². The number of benzene rings is 4. The Balaban J connectivity index is 0.974. The van der Waals surface area contributed by atoms with Crippen molar-refractivity contribution >= 4 is 32.7 Å². The predicted molar refractivity (Wildman–Crippen MR) is 214 cm³/mol. The number of fused-ring (bicyclic) bond motifs is 3. The van der Waals surface area contributed by atoms with Crippen LogP contribution in [0.4, 0.5) is 0 Å². The number of nitrogens with one attached hydrogen (secondary N) is 2. The molecule has 0 atom stereocenters. The number of aromatic amines is 2. The minimum atomic E-state index is -0.245. The highest BCUT2D eigenvalue weighted by Crippen LogP contribution is 2.31. The maximum Gasteiger partial charge on any atom is 0.258 e. The first kappa shape index (κ1) is 36.0. The molecule has 0 aliphatic heterocycles. The van der Waals surface area contributed by atoms with Gasteiger partial charge in [0.2, 0.25) is 0 Å². The van der Waals surface area contributed by atoms with Crippen LogP contribution < -0.4 is 30.1 Å². The lowest BCUT2D eigenvalue weighted by atomic mass is 10.00. The summed E-state index contributed by atoms with van der Waals surface area (Å²) in [5, 5.41) is 6.87. The summed E-state index contributed by atoms with van der Waals surface area (Å²) in [5.74, 6) is 3.06. The van der Waals surface area contributed by atoms with Crippen LogP contribution >= 0.6 is 0 Å². The van der Waals surface area contributed by atoms with E-state index in [-0.39, 0.29) is 11.1 Å². The molecule has 0 spiro atoms. The number of rotatable bonds is 12. The van der Waals surface area contributed by atoms with Gasteiger partial charge in [-0.25, -0.2) is 14.6 Å². The van der Waals surface area contributed by atoms with Gasteiger partial charge in [0, 0.05) is 42.8 Å². The van der Waals surface area contributed by atoms with Crippen LogP contribution in [0.2, 0.25) is 0 Å². The van der Waals surface area contributed by atoms with Gasteiger partial charge in [0.25, 0.3) is 11.1 Å². The highest BCUT2D eigenvalue weighted by atomic mass is 16.5. The zero-order chi connectivity index (χ0) is 38.9. The number of hydrogen-bond donors (Lipinski definition) is 2. The summed E-state index contributed by atoms with van der Waals surface area (Å²) < 4.78 is 23.4. The monoisotopic (exact) mass is 749 g/mol. The summed E-state index contributed by atoms with van der Waals surface area (Å²) in [6.07, 6.45) is 6.23. The zero-order valence-corrected chi connectivity index (χ0v) is 31.6. The smallest absolute Gasteiger partial charge is 0.258 e. The van der Waals surface area contributed by atoms with E-state index in [4.69, 9.17) is 34.0 Å². The average molecular weight is 750 g/mol. The van der Waals surface area contributed by atoms with Crippen LogP contribution in [0.25, 0.3) is 38.4 Å². The fraction of sp³-hybridized carbons (Fsp3) is 0.209. The van der Waals surface area contributed by atoms with E-state index in [0.717, 1.165) is 57.4 Å². The van der Waals surface area contributed by atoms with Crippen LogP contribution in [0.15, 0.2) is 94.8 Å². The minimum absolute atomic E-state index is 0.234. The van der Waals surface area contributed by atoms with Gasteiger partial charge in [-0.1, -0.05) is 24.3 Å². The molecule has 13 heteroatoms. The minimum Gasteiger partial charge on any atom is -0.493 e. The topological polar surface area (TPSA) is 159 Å². The first-order valence-corrected chi connectivity index (χ1v) is 18.0. The van der Waals surface area contributed by atoms with Crippen LogP contribution in [0.1, 0.15) is 39.6 Å². The van der Waals surface area contributed by atoms with Gasteiger partial charge in [-0.15, -0.1) is 0 Å². The van der Waals surface area contributed by atoms with Gasteiger partial charge in [-0.05, 0) is 78.4 Å². The fourth-order valence-corrected chi connectivity index (χ4v) is 7.05. The van der Waals surface area contributed by atoms with Crippen molar-refractivity contribution in [1.29, 1.82) is 0 Å². The van der Waals surface area contributed by atoms with Gasteiger partial charge in [-0.2, -0.15) is 5.10 Å². The van der Waals surface area contributed by atoms with E-state index < -0.39 is 0 Å². The van der Waals surface area contributed by atoms with Crippen LogP contribution in [0, 0.1) is 6.92 Å². The number of H-pyrrole nitrogens is 2. The molecule has 0 amide bonds. The van der Waals surface area contributed by atoms with E-state index in [1.54, 1.807) is 38.5 Å². The Morgan fingerprint density at radius 1 is 0.625 bits per heavy atom. The molecule has 0 fully saturated rings. The molecule has 4 heterocycles. The van der Waals surface area contributed by atoms with E-state index in [0.29, 0.717) is 69.3 Å². The predicted octanol–water partition coefficient (Wildman–Crippen LogP) is 6.20. The van der Waals surface area contributed by atoms with Gasteiger partial charge in [0.05, 0.1) is 67.1 Å². The van der Waals surface area contributed by atoms with Crippen LogP contribution in [-0.4, -0.2) is 63.1 Å². The van der Waals surface area contributed by atoms with Crippen molar-refractivity contribution in [2.24, 2.45) is 0 Å². The molecule has 0 aliphatic carbocycles. The molecule has 8 rings (SSSR count). The van der Waals surface area contributed by atoms with Crippen molar-refractivity contribution in [3.05, 3.63) is 145 Å². The third-order valence-electron chi connectivity index (χ3n) is 9.97. The van der Waals surface area contributed by atoms with Crippen molar-refractivity contribution in [2.75, 3.05) is 28.4 Å². The molecule has 282 valence electrons. The molecular weight excluding hydrogens is 711 g/mol. The lowest BCUT2D eigenvalue weighted by molar-refractivity contribution is 0.355. The number of ether oxygens (including phenoxy) is 4. The van der Waals surface area contributed by atoms with Crippen molar-refractivity contribution in [3.63, 3.8) is 0 Å². The Kier molecular flexibility index (Phi) is 9.65. The molecule has 2 N–H and O–H groups in total. The summed E-state index contributed by atoms with van der Waals surface area (Å²) in [7, 11) is 6.17. The van der Waals surface area contributed by atoms with Gasteiger partial charge < -0.3 is 28.9 Å². The zero-order valence-electron chi connectivity index (χ0n) is 31.6. The molecule has 0 bridgehead atoms. The number of nitrogens with zero attached hydrogens (tertiary/aromatic N) is 5. The molecule has 13 nitrogen and oxygen atoms in total. The van der Waals surface area contributed by atoms with Crippen molar-refractivity contribution < 1.29 is 18.9 Å². The summed E-state index contributed by atoms with van der Waals surface area (Å²) in [6.45, 7) is 2.07. The molecule has 0 saturated heterocycles. The second-order valence-corrected chi connectivity index (χ2v) is 13.5. The number of aromatic nitrogens is 7. The normalized spacial score (nSPS) is 11.4. The molecule has 0 unspecified atom stereocenters. The molecule has 0 aliphatic rings. The van der Waals surface area contributed by atoms with E-state index >= 15 is 0 Å². The fourth-order valence-electron chi connectivity index (χ4n) is 7.05. The van der Waals surface area contributed by atoms with Crippen LogP contribution in [-0.2, 0) is 25.7 Å².